The van der Waals surface area contributed by atoms with Gasteiger partial charge in [-0.3, -0.25) is 0 Å². The molecule has 3 rings (SSSR count). The van der Waals surface area contributed by atoms with E-state index in [0.717, 1.165) is 5.56 Å². The molecule has 0 spiro atoms. The van der Waals surface area contributed by atoms with Crippen LogP contribution in [-0.2, 0) is 0 Å². The number of rotatable bonds is 2. The van der Waals surface area contributed by atoms with Crippen LogP contribution >= 0.6 is 0 Å². The summed E-state index contributed by atoms with van der Waals surface area (Å²) in [5.41, 5.74) is 7.03. The standard InChI is InChI=1S/C13H10FNO2/c14-10-3-1-2-8-6-11(17-13(8)10)12(15)9-4-5-16-7-9/h1-7,12H,15H2. The zero-order valence-electron chi connectivity index (χ0n) is 8.89. The summed E-state index contributed by atoms with van der Waals surface area (Å²) in [6.07, 6.45) is 3.09. The summed E-state index contributed by atoms with van der Waals surface area (Å²) in [5, 5.41) is 0.707. The number of hydrogen-bond donors (Lipinski definition) is 1. The third-order valence-electron chi connectivity index (χ3n) is 2.72. The predicted octanol–water partition coefficient (Wildman–Crippen LogP) is 3.21. The quantitative estimate of drug-likeness (QED) is 0.736. The summed E-state index contributed by atoms with van der Waals surface area (Å²) in [6.45, 7) is 0. The summed E-state index contributed by atoms with van der Waals surface area (Å²) in [4.78, 5) is 0. The minimum Gasteiger partial charge on any atom is -0.472 e. The molecule has 0 saturated carbocycles. The number of para-hydroxylation sites is 1. The molecule has 2 N–H and O–H groups in total. The second-order valence-corrected chi connectivity index (χ2v) is 3.84. The van der Waals surface area contributed by atoms with Crippen LogP contribution in [0.1, 0.15) is 17.4 Å². The minimum atomic E-state index is -0.444. The molecule has 0 saturated heterocycles. The van der Waals surface area contributed by atoms with E-state index in [2.05, 4.69) is 0 Å². The Kier molecular flexibility index (Phi) is 2.23. The van der Waals surface area contributed by atoms with Gasteiger partial charge in [-0.05, 0) is 18.2 Å². The highest BCUT2D eigenvalue weighted by Crippen LogP contribution is 2.28. The highest BCUT2D eigenvalue weighted by molar-refractivity contribution is 5.78. The average Bonchev–Trinajstić information content (AvgIpc) is 2.98. The van der Waals surface area contributed by atoms with Gasteiger partial charge in [-0.2, -0.15) is 0 Å². The molecule has 0 bridgehead atoms. The van der Waals surface area contributed by atoms with Crippen molar-refractivity contribution in [3.05, 3.63) is 60.0 Å². The number of benzene rings is 1. The second kappa shape index (κ2) is 3.75. The molecule has 0 aliphatic carbocycles. The first-order valence-electron chi connectivity index (χ1n) is 5.21. The molecule has 86 valence electrons. The lowest BCUT2D eigenvalue weighted by Crippen LogP contribution is -2.09. The average molecular weight is 231 g/mol. The first kappa shape index (κ1) is 10.1. The van der Waals surface area contributed by atoms with Crippen molar-refractivity contribution in [2.75, 3.05) is 0 Å². The van der Waals surface area contributed by atoms with E-state index >= 15 is 0 Å². The Labute approximate surface area is 96.6 Å². The van der Waals surface area contributed by atoms with Crippen LogP contribution in [0.2, 0.25) is 0 Å². The van der Waals surface area contributed by atoms with Crippen LogP contribution in [0.15, 0.2) is 51.7 Å². The largest absolute Gasteiger partial charge is 0.472 e. The maximum atomic E-state index is 13.5. The zero-order valence-corrected chi connectivity index (χ0v) is 8.89. The molecule has 0 radical (unpaired) electrons. The molecule has 0 fully saturated rings. The summed E-state index contributed by atoms with van der Waals surface area (Å²) in [6, 6.07) is 7.84. The lowest BCUT2D eigenvalue weighted by molar-refractivity contribution is 0.498. The van der Waals surface area contributed by atoms with Crippen LogP contribution in [0.3, 0.4) is 0 Å². The Morgan fingerprint density at radius 3 is 2.82 bits per heavy atom. The molecule has 0 amide bonds. The number of furan rings is 2. The smallest absolute Gasteiger partial charge is 0.169 e. The highest BCUT2D eigenvalue weighted by atomic mass is 19.1. The van der Waals surface area contributed by atoms with E-state index in [1.807, 2.05) is 0 Å². The first-order valence-corrected chi connectivity index (χ1v) is 5.21. The number of nitrogens with two attached hydrogens (primary N) is 1. The van der Waals surface area contributed by atoms with E-state index in [4.69, 9.17) is 14.6 Å². The van der Waals surface area contributed by atoms with Crippen molar-refractivity contribution in [1.82, 2.24) is 0 Å². The van der Waals surface area contributed by atoms with Crippen molar-refractivity contribution in [3.8, 4) is 0 Å². The highest BCUT2D eigenvalue weighted by Gasteiger charge is 2.16. The fourth-order valence-electron chi connectivity index (χ4n) is 1.82. The van der Waals surface area contributed by atoms with E-state index in [1.54, 1.807) is 36.8 Å². The maximum Gasteiger partial charge on any atom is 0.169 e. The van der Waals surface area contributed by atoms with Crippen LogP contribution in [-0.4, -0.2) is 0 Å². The molecular weight excluding hydrogens is 221 g/mol. The van der Waals surface area contributed by atoms with Crippen LogP contribution in [0.25, 0.3) is 11.0 Å². The Hall–Kier alpha value is -2.07. The summed E-state index contributed by atoms with van der Waals surface area (Å²) >= 11 is 0. The normalized spacial score (nSPS) is 13.1. The van der Waals surface area contributed by atoms with Gasteiger partial charge in [0, 0.05) is 10.9 Å². The molecule has 0 aliphatic rings. The second-order valence-electron chi connectivity index (χ2n) is 3.84. The van der Waals surface area contributed by atoms with Crippen molar-refractivity contribution in [3.63, 3.8) is 0 Å². The summed E-state index contributed by atoms with van der Waals surface area (Å²) < 4.78 is 23.9. The van der Waals surface area contributed by atoms with Gasteiger partial charge in [-0.25, -0.2) is 4.39 Å². The van der Waals surface area contributed by atoms with Crippen molar-refractivity contribution < 1.29 is 13.2 Å². The molecule has 2 aromatic heterocycles. The fourth-order valence-corrected chi connectivity index (χ4v) is 1.82. The number of fused-ring (bicyclic) bond motifs is 1. The Morgan fingerprint density at radius 1 is 1.24 bits per heavy atom. The van der Waals surface area contributed by atoms with Crippen LogP contribution in [0.5, 0.6) is 0 Å². The van der Waals surface area contributed by atoms with Crippen molar-refractivity contribution in [2.24, 2.45) is 5.73 Å². The molecule has 1 aromatic carbocycles. The SMILES string of the molecule is NC(c1ccoc1)c1cc2cccc(F)c2o1. The third kappa shape index (κ3) is 1.62. The van der Waals surface area contributed by atoms with E-state index in [-0.39, 0.29) is 11.4 Å². The molecule has 2 heterocycles. The number of hydrogen-bond acceptors (Lipinski definition) is 3. The van der Waals surface area contributed by atoms with Crippen molar-refractivity contribution in [1.29, 1.82) is 0 Å². The van der Waals surface area contributed by atoms with Crippen LogP contribution in [0, 0.1) is 5.82 Å². The third-order valence-corrected chi connectivity index (χ3v) is 2.72. The summed E-state index contributed by atoms with van der Waals surface area (Å²) in [5.74, 6) is 0.139. The van der Waals surface area contributed by atoms with Gasteiger partial charge in [0.15, 0.2) is 11.4 Å². The van der Waals surface area contributed by atoms with Crippen molar-refractivity contribution in [2.45, 2.75) is 6.04 Å². The van der Waals surface area contributed by atoms with E-state index in [0.29, 0.717) is 11.1 Å². The zero-order chi connectivity index (χ0) is 11.8. The predicted molar refractivity (Wildman–Crippen MR) is 60.9 cm³/mol. The molecule has 4 heteroatoms. The van der Waals surface area contributed by atoms with E-state index < -0.39 is 6.04 Å². The van der Waals surface area contributed by atoms with Crippen LogP contribution < -0.4 is 5.73 Å². The Balaban J connectivity index is 2.10. The van der Waals surface area contributed by atoms with Gasteiger partial charge >= 0.3 is 0 Å². The van der Waals surface area contributed by atoms with Gasteiger partial charge in [-0.15, -0.1) is 0 Å². The molecule has 17 heavy (non-hydrogen) atoms. The van der Waals surface area contributed by atoms with Gasteiger partial charge in [0.25, 0.3) is 0 Å². The first-order chi connectivity index (χ1) is 8.25. The van der Waals surface area contributed by atoms with E-state index in [9.17, 15) is 4.39 Å². The summed E-state index contributed by atoms with van der Waals surface area (Å²) in [7, 11) is 0. The van der Waals surface area contributed by atoms with Gasteiger partial charge < -0.3 is 14.6 Å². The Bertz CT molecular complexity index is 643. The lowest BCUT2D eigenvalue weighted by Gasteiger charge is -2.04. The van der Waals surface area contributed by atoms with Gasteiger partial charge in [0.2, 0.25) is 0 Å². The minimum absolute atomic E-state index is 0.237. The fraction of sp³-hybridized carbons (Fsp3) is 0.0769. The van der Waals surface area contributed by atoms with E-state index in [1.165, 1.54) is 6.07 Å². The maximum absolute atomic E-state index is 13.5. The molecule has 3 aromatic rings. The monoisotopic (exact) mass is 231 g/mol. The molecule has 3 nitrogen and oxygen atoms in total. The Morgan fingerprint density at radius 2 is 2.12 bits per heavy atom. The van der Waals surface area contributed by atoms with Crippen molar-refractivity contribution >= 4 is 11.0 Å². The molecule has 1 atom stereocenters. The molecular formula is C13H10FNO2. The number of halogens is 1. The molecule has 1 unspecified atom stereocenters. The van der Waals surface area contributed by atoms with Gasteiger partial charge in [0.1, 0.15) is 5.76 Å². The van der Waals surface area contributed by atoms with Crippen LogP contribution in [0.4, 0.5) is 4.39 Å². The molecule has 0 aliphatic heterocycles. The lowest BCUT2D eigenvalue weighted by atomic mass is 10.1. The van der Waals surface area contributed by atoms with Gasteiger partial charge in [-0.1, -0.05) is 12.1 Å². The topological polar surface area (TPSA) is 52.3 Å². The van der Waals surface area contributed by atoms with Gasteiger partial charge in [0.05, 0.1) is 18.6 Å².